The smallest absolute Gasteiger partial charge is 0.162 e. The molecule has 2 aromatic rings. The molecule has 0 spiro atoms. The predicted molar refractivity (Wildman–Crippen MR) is 94.8 cm³/mol. The van der Waals surface area contributed by atoms with Crippen LogP contribution in [0.25, 0.3) is 0 Å². The zero-order chi connectivity index (χ0) is 16.8. The molecule has 1 heterocycles. The Labute approximate surface area is 143 Å². The molecule has 0 aliphatic carbocycles. The molecule has 1 aliphatic rings. The van der Waals surface area contributed by atoms with Crippen LogP contribution in [0.1, 0.15) is 24.2 Å². The highest BCUT2D eigenvalue weighted by atomic mass is 16.6. The summed E-state index contributed by atoms with van der Waals surface area (Å²) >= 11 is 0. The molecule has 1 aliphatic heterocycles. The van der Waals surface area contributed by atoms with E-state index < -0.39 is 0 Å². The Bertz CT molecular complexity index is 636. The largest absolute Gasteiger partial charge is 0.490 e. The number of nitrogens with one attached hydrogen (secondary N) is 1. The van der Waals surface area contributed by atoms with Gasteiger partial charge in [-0.25, -0.2) is 0 Å². The second kappa shape index (κ2) is 8.18. The van der Waals surface area contributed by atoms with Gasteiger partial charge in [-0.1, -0.05) is 42.0 Å². The van der Waals surface area contributed by atoms with Crippen molar-refractivity contribution in [3.63, 3.8) is 0 Å². The molecule has 24 heavy (non-hydrogen) atoms. The number of morpholine rings is 1. The van der Waals surface area contributed by atoms with E-state index in [1.165, 1.54) is 5.56 Å². The van der Waals surface area contributed by atoms with Crippen molar-refractivity contribution in [2.45, 2.75) is 26.1 Å². The van der Waals surface area contributed by atoms with Crippen molar-refractivity contribution in [2.24, 2.45) is 0 Å². The molecule has 2 aromatic carbocycles. The summed E-state index contributed by atoms with van der Waals surface area (Å²) in [5, 5.41) is 3.39. The van der Waals surface area contributed by atoms with E-state index in [9.17, 15) is 0 Å². The quantitative estimate of drug-likeness (QED) is 0.881. The first-order valence-electron chi connectivity index (χ1n) is 8.55. The first kappa shape index (κ1) is 16.8. The van der Waals surface area contributed by atoms with E-state index in [-0.39, 0.29) is 12.2 Å². The highest BCUT2D eigenvalue weighted by Gasteiger charge is 2.28. The van der Waals surface area contributed by atoms with Crippen LogP contribution in [-0.4, -0.2) is 32.4 Å². The molecule has 0 bridgehead atoms. The third kappa shape index (κ3) is 4.08. The molecular weight excluding hydrogens is 302 g/mol. The van der Waals surface area contributed by atoms with Crippen molar-refractivity contribution in [1.82, 2.24) is 5.32 Å². The van der Waals surface area contributed by atoms with E-state index in [4.69, 9.17) is 14.2 Å². The Morgan fingerprint density at radius 2 is 1.88 bits per heavy atom. The molecule has 1 N–H and O–H groups in total. The molecular formula is C20H25NO3. The number of hydrogen-bond acceptors (Lipinski definition) is 4. The van der Waals surface area contributed by atoms with Gasteiger partial charge >= 0.3 is 0 Å². The highest BCUT2D eigenvalue weighted by Crippen LogP contribution is 2.33. The standard InChI is InChI=1S/C20H25NO3/c1-3-22-17-6-4-5-7-18(17)24-20(19-14-21-12-13-23-19)16-10-8-15(2)9-11-16/h4-11,19-21H,3,12-14H2,1-2H3. The van der Waals surface area contributed by atoms with Gasteiger partial charge in [-0.15, -0.1) is 0 Å². The van der Waals surface area contributed by atoms with E-state index in [0.29, 0.717) is 13.2 Å². The van der Waals surface area contributed by atoms with Crippen LogP contribution in [-0.2, 0) is 4.74 Å². The number of hydrogen-bond donors (Lipinski definition) is 1. The summed E-state index contributed by atoms with van der Waals surface area (Å²) in [6.45, 7) is 7.02. The Kier molecular flexibility index (Phi) is 5.72. The van der Waals surface area contributed by atoms with Crippen LogP contribution >= 0.6 is 0 Å². The molecule has 0 saturated carbocycles. The number of benzene rings is 2. The maximum absolute atomic E-state index is 6.37. The fourth-order valence-corrected chi connectivity index (χ4v) is 2.85. The van der Waals surface area contributed by atoms with Crippen molar-refractivity contribution in [3.05, 3.63) is 59.7 Å². The monoisotopic (exact) mass is 327 g/mol. The summed E-state index contributed by atoms with van der Waals surface area (Å²) in [6, 6.07) is 16.2. The molecule has 128 valence electrons. The first-order valence-corrected chi connectivity index (χ1v) is 8.55. The number of aryl methyl sites for hydroxylation is 1. The minimum absolute atomic E-state index is 0.0314. The van der Waals surface area contributed by atoms with Crippen molar-refractivity contribution in [2.75, 3.05) is 26.3 Å². The number of para-hydroxylation sites is 2. The molecule has 4 heteroatoms. The van der Waals surface area contributed by atoms with E-state index in [2.05, 4.69) is 36.5 Å². The lowest BCUT2D eigenvalue weighted by Gasteiger charge is -2.32. The Hall–Kier alpha value is -2.04. The topological polar surface area (TPSA) is 39.7 Å². The SMILES string of the molecule is CCOc1ccccc1OC(c1ccc(C)cc1)C1CNCCO1. The summed E-state index contributed by atoms with van der Waals surface area (Å²) in [5.41, 5.74) is 2.34. The highest BCUT2D eigenvalue weighted by molar-refractivity contribution is 5.40. The zero-order valence-electron chi connectivity index (χ0n) is 14.3. The lowest BCUT2D eigenvalue weighted by molar-refractivity contribution is -0.0439. The van der Waals surface area contributed by atoms with Gasteiger partial charge in [0.1, 0.15) is 6.10 Å². The third-order valence-electron chi connectivity index (χ3n) is 4.10. The molecule has 4 nitrogen and oxygen atoms in total. The minimum Gasteiger partial charge on any atom is -0.490 e. The van der Waals surface area contributed by atoms with Crippen LogP contribution in [0.4, 0.5) is 0 Å². The van der Waals surface area contributed by atoms with Crippen LogP contribution in [0.2, 0.25) is 0 Å². The molecule has 0 aromatic heterocycles. The summed E-state index contributed by atoms with van der Waals surface area (Å²) in [4.78, 5) is 0. The molecule has 0 amide bonds. The van der Waals surface area contributed by atoms with Gasteiger partial charge in [0, 0.05) is 13.1 Å². The van der Waals surface area contributed by atoms with Gasteiger partial charge in [0.05, 0.1) is 13.2 Å². The van der Waals surface area contributed by atoms with Gasteiger partial charge < -0.3 is 19.5 Å². The second-order valence-corrected chi connectivity index (χ2v) is 5.94. The van der Waals surface area contributed by atoms with Gasteiger partial charge in [-0.3, -0.25) is 0 Å². The van der Waals surface area contributed by atoms with Gasteiger partial charge in [0.2, 0.25) is 0 Å². The Balaban J connectivity index is 1.88. The minimum atomic E-state index is -0.181. The molecule has 2 atom stereocenters. The van der Waals surface area contributed by atoms with Crippen LogP contribution in [0.3, 0.4) is 0 Å². The van der Waals surface area contributed by atoms with Crippen molar-refractivity contribution in [3.8, 4) is 11.5 Å². The van der Waals surface area contributed by atoms with E-state index in [1.807, 2.05) is 31.2 Å². The lowest BCUT2D eigenvalue weighted by atomic mass is 10.0. The Morgan fingerprint density at radius 3 is 2.54 bits per heavy atom. The molecule has 1 saturated heterocycles. The van der Waals surface area contributed by atoms with Crippen LogP contribution in [0.15, 0.2) is 48.5 Å². The summed E-state index contributed by atoms with van der Waals surface area (Å²) in [6.07, 6.45) is -0.212. The third-order valence-corrected chi connectivity index (χ3v) is 4.10. The lowest BCUT2D eigenvalue weighted by Crippen LogP contribution is -2.43. The van der Waals surface area contributed by atoms with Gasteiger partial charge in [0.25, 0.3) is 0 Å². The fraction of sp³-hybridized carbons (Fsp3) is 0.400. The van der Waals surface area contributed by atoms with Crippen LogP contribution in [0, 0.1) is 6.92 Å². The van der Waals surface area contributed by atoms with Crippen molar-refractivity contribution in [1.29, 1.82) is 0 Å². The predicted octanol–water partition coefficient (Wildman–Crippen LogP) is 3.50. The van der Waals surface area contributed by atoms with Gasteiger partial charge in [-0.2, -0.15) is 0 Å². The summed E-state index contributed by atoms with van der Waals surface area (Å²) in [5.74, 6) is 1.51. The van der Waals surface area contributed by atoms with E-state index >= 15 is 0 Å². The normalized spacial score (nSPS) is 18.8. The number of rotatable bonds is 6. The molecule has 3 rings (SSSR count). The molecule has 1 fully saturated rings. The molecule has 0 radical (unpaired) electrons. The van der Waals surface area contributed by atoms with Gasteiger partial charge in [0.15, 0.2) is 17.6 Å². The average molecular weight is 327 g/mol. The maximum Gasteiger partial charge on any atom is 0.162 e. The first-order chi connectivity index (χ1) is 11.8. The van der Waals surface area contributed by atoms with Crippen LogP contribution in [0.5, 0.6) is 11.5 Å². The van der Waals surface area contributed by atoms with Crippen LogP contribution < -0.4 is 14.8 Å². The van der Waals surface area contributed by atoms with E-state index in [0.717, 1.165) is 30.2 Å². The van der Waals surface area contributed by atoms with Gasteiger partial charge in [-0.05, 0) is 31.5 Å². The average Bonchev–Trinajstić information content (AvgIpc) is 2.63. The maximum atomic E-state index is 6.37. The van der Waals surface area contributed by atoms with E-state index in [1.54, 1.807) is 0 Å². The zero-order valence-corrected chi connectivity index (χ0v) is 14.3. The Morgan fingerprint density at radius 1 is 1.12 bits per heavy atom. The second-order valence-electron chi connectivity index (χ2n) is 5.94. The fourth-order valence-electron chi connectivity index (χ4n) is 2.85. The number of ether oxygens (including phenoxy) is 3. The van der Waals surface area contributed by atoms with Crippen molar-refractivity contribution < 1.29 is 14.2 Å². The summed E-state index contributed by atoms with van der Waals surface area (Å²) in [7, 11) is 0. The summed E-state index contributed by atoms with van der Waals surface area (Å²) < 4.78 is 18.0. The molecule has 2 unspecified atom stereocenters. The van der Waals surface area contributed by atoms with Crippen molar-refractivity contribution >= 4 is 0 Å².